The SMILES string of the molecule is Cc1ccc(-c2nc(C3(N)CCCC(C)C3)sc2C)cc1. The molecule has 2 nitrogen and oxygen atoms in total. The first-order valence-electron chi connectivity index (χ1n) is 7.82. The Bertz CT molecular complexity index is 629. The van der Waals surface area contributed by atoms with Gasteiger partial charge in [0, 0.05) is 10.4 Å². The van der Waals surface area contributed by atoms with E-state index in [-0.39, 0.29) is 5.54 Å². The number of nitrogens with two attached hydrogens (primary N) is 1. The van der Waals surface area contributed by atoms with Crippen LogP contribution in [0.1, 0.15) is 48.1 Å². The Morgan fingerprint density at radius 2 is 1.95 bits per heavy atom. The first-order valence-corrected chi connectivity index (χ1v) is 8.63. The maximum Gasteiger partial charge on any atom is 0.113 e. The molecule has 1 aliphatic carbocycles. The van der Waals surface area contributed by atoms with Gasteiger partial charge >= 0.3 is 0 Å². The van der Waals surface area contributed by atoms with Crippen LogP contribution in [0.5, 0.6) is 0 Å². The Labute approximate surface area is 131 Å². The van der Waals surface area contributed by atoms with E-state index in [1.807, 2.05) is 0 Å². The number of hydrogen-bond donors (Lipinski definition) is 1. The summed E-state index contributed by atoms with van der Waals surface area (Å²) in [5.74, 6) is 0.704. The van der Waals surface area contributed by atoms with Crippen molar-refractivity contribution >= 4 is 11.3 Å². The van der Waals surface area contributed by atoms with Gasteiger partial charge in [-0.25, -0.2) is 4.98 Å². The van der Waals surface area contributed by atoms with E-state index in [1.165, 1.54) is 28.8 Å². The summed E-state index contributed by atoms with van der Waals surface area (Å²) in [6, 6.07) is 8.62. The van der Waals surface area contributed by atoms with E-state index in [2.05, 4.69) is 45.0 Å². The fourth-order valence-corrected chi connectivity index (χ4v) is 4.45. The van der Waals surface area contributed by atoms with Gasteiger partial charge in [0.05, 0.1) is 11.2 Å². The number of benzene rings is 1. The molecule has 1 aromatic carbocycles. The molecule has 1 aromatic heterocycles. The average molecular weight is 300 g/mol. The average Bonchev–Trinajstić information content (AvgIpc) is 2.82. The van der Waals surface area contributed by atoms with Crippen molar-refractivity contribution in [1.82, 2.24) is 4.98 Å². The molecule has 1 fully saturated rings. The predicted molar refractivity (Wildman–Crippen MR) is 90.5 cm³/mol. The predicted octanol–water partition coefficient (Wildman–Crippen LogP) is 4.79. The summed E-state index contributed by atoms with van der Waals surface area (Å²) in [6.45, 7) is 6.58. The molecule has 2 atom stereocenters. The molecule has 3 rings (SSSR count). The number of aryl methyl sites for hydroxylation is 2. The second-order valence-electron chi connectivity index (χ2n) is 6.65. The summed E-state index contributed by atoms with van der Waals surface area (Å²) >= 11 is 1.78. The van der Waals surface area contributed by atoms with Crippen LogP contribution in [-0.2, 0) is 5.54 Å². The van der Waals surface area contributed by atoms with Gasteiger partial charge in [0.15, 0.2) is 0 Å². The van der Waals surface area contributed by atoms with Crippen molar-refractivity contribution < 1.29 is 0 Å². The van der Waals surface area contributed by atoms with Crippen molar-refractivity contribution in [3.8, 4) is 11.3 Å². The largest absolute Gasteiger partial charge is 0.319 e. The fraction of sp³-hybridized carbons (Fsp3) is 0.500. The van der Waals surface area contributed by atoms with Gasteiger partial charge in [0.25, 0.3) is 0 Å². The Morgan fingerprint density at radius 3 is 2.62 bits per heavy atom. The first kappa shape index (κ1) is 14.7. The van der Waals surface area contributed by atoms with E-state index in [0.717, 1.165) is 23.5 Å². The van der Waals surface area contributed by atoms with Crippen molar-refractivity contribution in [1.29, 1.82) is 0 Å². The highest BCUT2D eigenvalue weighted by Crippen LogP contribution is 2.41. The molecular formula is C18H24N2S. The minimum absolute atomic E-state index is 0.212. The molecule has 0 radical (unpaired) electrons. The van der Waals surface area contributed by atoms with Crippen LogP contribution in [0.2, 0.25) is 0 Å². The summed E-state index contributed by atoms with van der Waals surface area (Å²) < 4.78 is 0. The van der Waals surface area contributed by atoms with E-state index < -0.39 is 0 Å². The Balaban J connectivity index is 1.95. The third-order valence-corrected chi connectivity index (χ3v) is 5.77. The Kier molecular flexibility index (Phi) is 3.89. The molecule has 112 valence electrons. The van der Waals surface area contributed by atoms with Crippen LogP contribution in [-0.4, -0.2) is 4.98 Å². The van der Waals surface area contributed by atoms with Crippen LogP contribution in [0.25, 0.3) is 11.3 Å². The fourth-order valence-electron chi connectivity index (χ4n) is 3.37. The number of nitrogens with zero attached hydrogens (tertiary/aromatic N) is 1. The van der Waals surface area contributed by atoms with Crippen LogP contribution in [0.15, 0.2) is 24.3 Å². The van der Waals surface area contributed by atoms with Crippen LogP contribution < -0.4 is 5.73 Å². The molecule has 21 heavy (non-hydrogen) atoms. The maximum absolute atomic E-state index is 6.70. The number of aromatic nitrogens is 1. The zero-order chi connectivity index (χ0) is 15.0. The van der Waals surface area contributed by atoms with Gasteiger partial charge in [0.2, 0.25) is 0 Å². The van der Waals surface area contributed by atoms with Crippen molar-refractivity contribution in [2.75, 3.05) is 0 Å². The van der Waals surface area contributed by atoms with Crippen LogP contribution in [0, 0.1) is 19.8 Å². The first-order chi connectivity index (χ1) is 9.98. The van der Waals surface area contributed by atoms with Crippen LogP contribution >= 0.6 is 11.3 Å². The van der Waals surface area contributed by atoms with Crippen molar-refractivity contribution in [2.24, 2.45) is 11.7 Å². The molecule has 1 saturated carbocycles. The van der Waals surface area contributed by atoms with Gasteiger partial charge in [-0.15, -0.1) is 11.3 Å². The van der Waals surface area contributed by atoms with E-state index in [9.17, 15) is 0 Å². The molecule has 0 bridgehead atoms. The summed E-state index contributed by atoms with van der Waals surface area (Å²) in [6.07, 6.45) is 4.65. The Morgan fingerprint density at radius 1 is 1.24 bits per heavy atom. The minimum Gasteiger partial charge on any atom is -0.319 e. The third-order valence-electron chi connectivity index (χ3n) is 4.58. The second-order valence-corrected chi connectivity index (χ2v) is 7.85. The number of rotatable bonds is 2. The lowest BCUT2D eigenvalue weighted by atomic mass is 9.77. The smallest absolute Gasteiger partial charge is 0.113 e. The number of thiazole rings is 1. The summed E-state index contributed by atoms with van der Waals surface area (Å²) in [5, 5.41) is 1.13. The highest BCUT2D eigenvalue weighted by molar-refractivity contribution is 7.12. The van der Waals surface area contributed by atoms with E-state index in [4.69, 9.17) is 10.7 Å². The highest BCUT2D eigenvalue weighted by atomic mass is 32.1. The molecule has 2 aromatic rings. The summed E-state index contributed by atoms with van der Waals surface area (Å²) in [4.78, 5) is 6.21. The number of hydrogen-bond acceptors (Lipinski definition) is 3. The van der Waals surface area contributed by atoms with E-state index in [0.29, 0.717) is 5.92 Å². The van der Waals surface area contributed by atoms with Gasteiger partial charge in [-0.3, -0.25) is 0 Å². The summed E-state index contributed by atoms with van der Waals surface area (Å²) in [5.41, 5.74) is 10.1. The van der Waals surface area contributed by atoms with Gasteiger partial charge in [0.1, 0.15) is 5.01 Å². The molecule has 2 N–H and O–H groups in total. The zero-order valence-electron chi connectivity index (χ0n) is 13.1. The molecule has 1 heterocycles. The lowest BCUT2D eigenvalue weighted by Gasteiger charge is -2.35. The van der Waals surface area contributed by atoms with Gasteiger partial charge in [-0.2, -0.15) is 0 Å². The quantitative estimate of drug-likeness (QED) is 0.866. The van der Waals surface area contributed by atoms with E-state index >= 15 is 0 Å². The molecule has 2 unspecified atom stereocenters. The van der Waals surface area contributed by atoms with E-state index in [1.54, 1.807) is 11.3 Å². The Hall–Kier alpha value is -1.19. The lowest BCUT2D eigenvalue weighted by molar-refractivity contribution is 0.238. The van der Waals surface area contributed by atoms with Crippen LogP contribution in [0.3, 0.4) is 0 Å². The van der Waals surface area contributed by atoms with Crippen molar-refractivity contribution in [2.45, 2.75) is 52.0 Å². The normalized spacial score (nSPS) is 26.0. The molecule has 0 spiro atoms. The topological polar surface area (TPSA) is 38.9 Å². The highest BCUT2D eigenvalue weighted by Gasteiger charge is 2.35. The van der Waals surface area contributed by atoms with Gasteiger partial charge in [-0.05, 0) is 32.6 Å². The van der Waals surface area contributed by atoms with Crippen molar-refractivity contribution in [3.05, 3.63) is 39.7 Å². The maximum atomic E-state index is 6.70. The second kappa shape index (κ2) is 5.54. The molecular weight excluding hydrogens is 276 g/mol. The van der Waals surface area contributed by atoms with Crippen molar-refractivity contribution in [3.63, 3.8) is 0 Å². The van der Waals surface area contributed by atoms with Gasteiger partial charge in [-0.1, -0.05) is 49.6 Å². The summed E-state index contributed by atoms with van der Waals surface area (Å²) in [7, 11) is 0. The third kappa shape index (κ3) is 2.90. The molecule has 3 heteroatoms. The molecule has 0 amide bonds. The van der Waals surface area contributed by atoms with Crippen LogP contribution in [0.4, 0.5) is 0 Å². The zero-order valence-corrected chi connectivity index (χ0v) is 14.0. The molecule has 1 aliphatic rings. The standard InChI is InChI=1S/C18H24N2S/c1-12-6-8-15(9-7-12)16-14(3)21-17(20-16)18(19)10-4-5-13(2)11-18/h6-9,13H,4-5,10-11,19H2,1-3H3. The minimum atomic E-state index is -0.212. The lowest BCUT2D eigenvalue weighted by Crippen LogP contribution is -2.40. The van der Waals surface area contributed by atoms with Gasteiger partial charge < -0.3 is 5.73 Å². The monoisotopic (exact) mass is 300 g/mol. The molecule has 0 aliphatic heterocycles. The molecule has 0 saturated heterocycles.